The zero-order valence-electron chi connectivity index (χ0n) is 7.59. The van der Waals surface area contributed by atoms with Crippen LogP contribution in [0.3, 0.4) is 0 Å². The van der Waals surface area contributed by atoms with E-state index >= 15 is 0 Å². The average molecular weight is 245 g/mol. The highest BCUT2D eigenvalue weighted by Crippen LogP contribution is 2.19. The standard InChI is InChI=1S/C10H13BrO2/c1-13-7-9-3-2-8(4-5-12)6-10(9)11/h2-3,6,12H,4-5,7H2,1H3. The van der Waals surface area contributed by atoms with E-state index in [4.69, 9.17) is 9.84 Å². The van der Waals surface area contributed by atoms with E-state index in [-0.39, 0.29) is 6.61 Å². The van der Waals surface area contributed by atoms with Crippen LogP contribution >= 0.6 is 15.9 Å². The summed E-state index contributed by atoms with van der Waals surface area (Å²) in [6.07, 6.45) is 0.700. The molecule has 1 rings (SSSR count). The monoisotopic (exact) mass is 244 g/mol. The Hall–Kier alpha value is -0.380. The first-order chi connectivity index (χ1) is 6.27. The molecule has 0 heterocycles. The van der Waals surface area contributed by atoms with Crippen LogP contribution in [0.2, 0.25) is 0 Å². The Bertz CT molecular complexity index is 274. The Kier molecular flexibility index (Phi) is 4.42. The highest BCUT2D eigenvalue weighted by Gasteiger charge is 2.00. The fraction of sp³-hybridized carbons (Fsp3) is 0.400. The summed E-state index contributed by atoms with van der Waals surface area (Å²) < 4.78 is 6.07. The number of ether oxygens (including phenoxy) is 1. The van der Waals surface area contributed by atoms with E-state index in [0.29, 0.717) is 13.0 Å². The molecule has 0 unspecified atom stereocenters. The van der Waals surface area contributed by atoms with E-state index in [1.54, 1.807) is 7.11 Å². The van der Waals surface area contributed by atoms with Gasteiger partial charge in [-0.05, 0) is 23.6 Å². The van der Waals surface area contributed by atoms with Crippen LogP contribution in [0.4, 0.5) is 0 Å². The summed E-state index contributed by atoms with van der Waals surface area (Å²) >= 11 is 3.46. The number of benzene rings is 1. The summed E-state index contributed by atoms with van der Waals surface area (Å²) in [6, 6.07) is 6.04. The first-order valence-electron chi connectivity index (χ1n) is 4.15. The van der Waals surface area contributed by atoms with Gasteiger partial charge in [-0.3, -0.25) is 0 Å². The van der Waals surface area contributed by atoms with Gasteiger partial charge in [0.25, 0.3) is 0 Å². The Morgan fingerprint density at radius 3 is 2.77 bits per heavy atom. The molecule has 0 aliphatic heterocycles. The summed E-state index contributed by atoms with van der Waals surface area (Å²) in [7, 11) is 1.67. The van der Waals surface area contributed by atoms with Gasteiger partial charge < -0.3 is 9.84 Å². The van der Waals surface area contributed by atoms with Crippen molar-refractivity contribution in [2.24, 2.45) is 0 Å². The molecule has 0 saturated carbocycles. The molecule has 3 heteroatoms. The zero-order valence-corrected chi connectivity index (χ0v) is 9.17. The molecule has 0 radical (unpaired) electrons. The Labute approximate surface area is 86.7 Å². The molecule has 13 heavy (non-hydrogen) atoms. The fourth-order valence-corrected chi connectivity index (χ4v) is 1.69. The minimum Gasteiger partial charge on any atom is -0.396 e. The quantitative estimate of drug-likeness (QED) is 0.880. The maximum atomic E-state index is 8.74. The van der Waals surface area contributed by atoms with Gasteiger partial charge in [-0.15, -0.1) is 0 Å². The van der Waals surface area contributed by atoms with Gasteiger partial charge in [0.15, 0.2) is 0 Å². The number of methoxy groups -OCH3 is 1. The van der Waals surface area contributed by atoms with Crippen LogP contribution in [-0.4, -0.2) is 18.8 Å². The molecule has 1 aromatic carbocycles. The number of hydrogen-bond donors (Lipinski definition) is 1. The van der Waals surface area contributed by atoms with Crippen molar-refractivity contribution in [3.8, 4) is 0 Å². The number of halogens is 1. The highest BCUT2D eigenvalue weighted by molar-refractivity contribution is 9.10. The molecule has 1 aromatic rings. The van der Waals surface area contributed by atoms with Gasteiger partial charge in [0.05, 0.1) is 6.61 Å². The Balaban J connectivity index is 2.79. The van der Waals surface area contributed by atoms with Gasteiger partial charge in [-0.1, -0.05) is 28.1 Å². The molecule has 0 fully saturated rings. The predicted octanol–water partition coefficient (Wildman–Crippen LogP) is 2.13. The molecule has 0 aliphatic carbocycles. The van der Waals surface area contributed by atoms with Crippen LogP contribution in [0.25, 0.3) is 0 Å². The van der Waals surface area contributed by atoms with Crippen LogP contribution in [-0.2, 0) is 17.8 Å². The Morgan fingerprint density at radius 2 is 2.23 bits per heavy atom. The van der Waals surface area contributed by atoms with Crippen LogP contribution in [0.15, 0.2) is 22.7 Å². The molecule has 2 nitrogen and oxygen atoms in total. The minimum absolute atomic E-state index is 0.191. The molecule has 0 spiro atoms. The van der Waals surface area contributed by atoms with Crippen LogP contribution in [0, 0.1) is 0 Å². The van der Waals surface area contributed by atoms with Crippen molar-refractivity contribution >= 4 is 15.9 Å². The number of hydrogen-bond acceptors (Lipinski definition) is 2. The summed E-state index contributed by atoms with van der Waals surface area (Å²) in [5.41, 5.74) is 2.26. The van der Waals surface area contributed by atoms with Crippen molar-refractivity contribution in [1.82, 2.24) is 0 Å². The normalized spacial score (nSPS) is 10.4. The third-order valence-electron chi connectivity index (χ3n) is 1.82. The summed E-state index contributed by atoms with van der Waals surface area (Å²) in [5, 5.41) is 8.74. The van der Waals surface area contributed by atoms with Crippen LogP contribution in [0.1, 0.15) is 11.1 Å². The lowest BCUT2D eigenvalue weighted by atomic mass is 10.1. The Morgan fingerprint density at radius 1 is 1.46 bits per heavy atom. The second-order valence-electron chi connectivity index (χ2n) is 2.83. The van der Waals surface area contributed by atoms with Gasteiger partial charge in [0.2, 0.25) is 0 Å². The molecule has 0 saturated heterocycles. The van der Waals surface area contributed by atoms with Crippen molar-refractivity contribution in [1.29, 1.82) is 0 Å². The van der Waals surface area contributed by atoms with Crippen molar-refractivity contribution < 1.29 is 9.84 Å². The van der Waals surface area contributed by atoms with Gasteiger partial charge in [-0.2, -0.15) is 0 Å². The largest absolute Gasteiger partial charge is 0.396 e. The van der Waals surface area contributed by atoms with Gasteiger partial charge >= 0.3 is 0 Å². The molecule has 72 valence electrons. The number of aliphatic hydroxyl groups excluding tert-OH is 1. The second kappa shape index (κ2) is 5.37. The highest BCUT2D eigenvalue weighted by atomic mass is 79.9. The lowest BCUT2D eigenvalue weighted by molar-refractivity contribution is 0.184. The van der Waals surface area contributed by atoms with Crippen molar-refractivity contribution in [2.75, 3.05) is 13.7 Å². The van der Waals surface area contributed by atoms with E-state index in [9.17, 15) is 0 Å². The van der Waals surface area contributed by atoms with Crippen molar-refractivity contribution in [3.63, 3.8) is 0 Å². The molecule has 1 N–H and O–H groups in total. The van der Waals surface area contributed by atoms with Crippen molar-refractivity contribution in [3.05, 3.63) is 33.8 Å². The summed E-state index contributed by atoms with van der Waals surface area (Å²) in [6.45, 7) is 0.802. The predicted molar refractivity (Wildman–Crippen MR) is 55.6 cm³/mol. The van der Waals surface area contributed by atoms with Gasteiger partial charge in [0, 0.05) is 18.2 Å². The molecular weight excluding hydrogens is 232 g/mol. The maximum absolute atomic E-state index is 8.74. The van der Waals surface area contributed by atoms with E-state index in [0.717, 1.165) is 15.6 Å². The van der Waals surface area contributed by atoms with Crippen LogP contribution in [0.5, 0.6) is 0 Å². The summed E-state index contributed by atoms with van der Waals surface area (Å²) in [4.78, 5) is 0. The topological polar surface area (TPSA) is 29.5 Å². The van der Waals surface area contributed by atoms with E-state index in [1.807, 2.05) is 18.2 Å². The minimum atomic E-state index is 0.191. The van der Waals surface area contributed by atoms with E-state index < -0.39 is 0 Å². The number of rotatable bonds is 4. The van der Waals surface area contributed by atoms with Gasteiger partial charge in [-0.25, -0.2) is 0 Å². The van der Waals surface area contributed by atoms with Crippen LogP contribution < -0.4 is 0 Å². The van der Waals surface area contributed by atoms with E-state index in [1.165, 1.54) is 0 Å². The lowest BCUT2D eigenvalue weighted by Gasteiger charge is -2.05. The number of aliphatic hydroxyl groups is 1. The maximum Gasteiger partial charge on any atom is 0.0724 e. The lowest BCUT2D eigenvalue weighted by Crippen LogP contribution is -1.94. The first kappa shape index (κ1) is 10.7. The molecule has 0 amide bonds. The molecule has 0 atom stereocenters. The molecular formula is C10H13BrO2. The summed E-state index contributed by atoms with van der Waals surface area (Å²) in [5.74, 6) is 0. The third-order valence-corrected chi connectivity index (χ3v) is 2.56. The van der Waals surface area contributed by atoms with E-state index in [2.05, 4.69) is 15.9 Å². The van der Waals surface area contributed by atoms with Gasteiger partial charge in [0.1, 0.15) is 0 Å². The second-order valence-corrected chi connectivity index (χ2v) is 3.69. The third kappa shape index (κ3) is 3.10. The smallest absolute Gasteiger partial charge is 0.0724 e. The molecule has 0 bridgehead atoms. The SMILES string of the molecule is COCc1ccc(CCO)cc1Br. The fourth-order valence-electron chi connectivity index (χ4n) is 1.15. The zero-order chi connectivity index (χ0) is 9.68. The first-order valence-corrected chi connectivity index (χ1v) is 4.94. The average Bonchev–Trinajstić information content (AvgIpc) is 2.10. The molecule has 0 aromatic heterocycles. The molecule has 0 aliphatic rings. The van der Waals surface area contributed by atoms with Crippen molar-refractivity contribution in [2.45, 2.75) is 13.0 Å².